The Morgan fingerprint density at radius 2 is 2.00 bits per heavy atom. The van der Waals surface area contributed by atoms with E-state index in [1.807, 2.05) is 12.1 Å². The number of aromatic nitrogens is 4. The van der Waals surface area contributed by atoms with Crippen LogP contribution < -0.4 is 0 Å². The summed E-state index contributed by atoms with van der Waals surface area (Å²) in [5, 5.41) is 13.2. The Balaban J connectivity index is 1.44. The number of fused-ring (bicyclic) bond motifs is 2. The molecule has 2 aromatic rings. The zero-order valence-electron chi connectivity index (χ0n) is 15.9. The molecule has 1 saturated carbocycles. The van der Waals surface area contributed by atoms with Gasteiger partial charge in [-0.05, 0) is 64.8 Å². The van der Waals surface area contributed by atoms with Crippen LogP contribution in [0.1, 0.15) is 40.0 Å². The lowest BCUT2D eigenvalue weighted by atomic mass is 9.65. The number of benzene rings is 1. The lowest BCUT2D eigenvalue weighted by Crippen LogP contribution is -2.38. The molecule has 0 radical (unpaired) electrons. The van der Waals surface area contributed by atoms with Crippen molar-refractivity contribution in [1.29, 1.82) is 0 Å². The van der Waals surface area contributed by atoms with E-state index in [1.165, 1.54) is 18.2 Å². The summed E-state index contributed by atoms with van der Waals surface area (Å²) in [6.45, 7) is 7.83. The summed E-state index contributed by atoms with van der Waals surface area (Å²) >= 11 is 7.33. The Kier molecular flexibility index (Phi) is 4.71. The van der Waals surface area contributed by atoms with Crippen LogP contribution in [0.2, 0.25) is 5.02 Å². The van der Waals surface area contributed by atoms with Gasteiger partial charge in [0.2, 0.25) is 11.1 Å². The van der Waals surface area contributed by atoms with Crippen molar-refractivity contribution in [1.82, 2.24) is 25.1 Å². The molecule has 144 valence electrons. The van der Waals surface area contributed by atoms with Gasteiger partial charge in [-0.25, -0.2) is 0 Å². The van der Waals surface area contributed by atoms with Crippen LogP contribution in [-0.4, -0.2) is 49.4 Å². The Morgan fingerprint density at radius 3 is 2.74 bits per heavy atom. The number of tetrazole rings is 1. The summed E-state index contributed by atoms with van der Waals surface area (Å²) in [6.07, 6.45) is 3.39. The Bertz CT molecular complexity index is 852. The van der Waals surface area contributed by atoms with Crippen LogP contribution in [0.15, 0.2) is 29.4 Å². The van der Waals surface area contributed by atoms with E-state index in [9.17, 15) is 4.79 Å². The fourth-order valence-corrected chi connectivity index (χ4v) is 5.88. The maximum atomic E-state index is 12.9. The fourth-order valence-electron chi connectivity index (χ4n) is 4.97. The average Bonchev–Trinajstić information content (AvgIpc) is 3.14. The van der Waals surface area contributed by atoms with E-state index < -0.39 is 0 Å². The van der Waals surface area contributed by atoms with E-state index >= 15 is 0 Å². The molecule has 27 heavy (non-hydrogen) atoms. The Labute approximate surface area is 168 Å². The van der Waals surface area contributed by atoms with Crippen molar-refractivity contribution in [2.75, 3.05) is 12.3 Å². The number of amides is 1. The number of hydrogen-bond donors (Lipinski definition) is 0. The minimum absolute atomic E-state index is 0.178. The predicted octanol–water partition coefficient (Wildman–Crippen LogP) is 3.84. The molecular weight excluding hydrogens is 382 g/mol. The van der Waals surface area contributed by atoms with Gasteiger partial charge in [0.15, 0.2) is 0 Å². The second-order valence-corrected chi connectivity index (χ2v) is 10.3. The first-order valence-corrected chi connectivity index (χ1v) is 10.6. The van der Waals surface area contributed by atoms with Gasteiger partial charge in [-0.3, -0.25) is 4.79 Å². The highest BCUT2D eigenvalue weighted by atomic mass is 35.5. The molecule has 2 heterocycles. The molecule has 2 atom stereocenters. The molecule has 8 heteroatoms. The number of hydrogen-bond acceptors (Lipinski definition) is 5. The summed E-state index contributed by atoms with van der Waals surface area (Å²) in [4.78, 5) is 15.0. The lowest BCUT2D eigenvalue weighted by molar-refractivity contribution is -0.129. The van der Waals surface area contributed by atoms with E-state index in [2.05, 4.69) is 41.2 Å². The maximum absolute atomic E-state index is 12.9. The number of rotatable bonds is 4. The minimum Gasteiger partial charge on any atom is -0.338 e. The molecule has 1 aliphatic carbocycles. The lowest BCUT2D eigenvalue weighted by Gasteiger charge is -2.39. The van der Waals surface area contributed by atoms with Crippen molar-refractivity contribution < 1.29 is 4.79 Å². The van der Waals surface area contributed by atoms with Crippen LogP contribution in [0, 0.1) is 10.8 Å². The fraction of sp³-hybridized carbons (Fsp3) is 0.579. The van der Waals surface area contributed by atoms with Gasteiger partial charge in [0.05, 0.1) is 11.4 Å². The SMILES string of the molecule is CC1(C)C[C@@H]2C[C@@](C)(CN2C(=O)CSc2nnnn2-c2ccc(Cl)cc2)C1. The molecular formula is C19H24ClN5OS. The van der Waals surface area contributed by atoms with Gasteiger partial charge >= 0.3 is 0 Å². The molecule has 6 nitrogen and oxygen atoms in total. The summed E-state index contributed by atoms with van der Waals surface area (Å²) in [5.74, 6) is 0.526. The number of halogens is 1. The van der Waals surface area contributed by atoms with Crippen LogP contribution in [-0.2, 0) is 4.79 Å². The van der Waals surface area contributed by atoms with Crippen molar-refractivity contribution in [3.63, 3.8) is 0 Å². The van der Waals surface area contributed by atoms with E-state index in [0.29, 0.717) is 27.4 Å². The molecule has 1 amide bonds. The molecule has 0 N–H and O–H groups in total. The first-order valence-electron chi connectivity index (χ1n) is 9.21. The summed E-state index contributed by atoms with van der Waals surface area (Å²) < 4.78 is 1.64. The maximum Gasteiger partial charge on any atom is 0.233 e. The Morgan fingerprint density at radius 1 is 1.26 bits per heavy atom. The molecule has 0 spiro atoms. The zero-order valence-corrected chi connectivity index (χ0v) is 17.4. The van der Waals surface area contributed by atoms with E-state index in [4.69, 9.17) is 11.6 Å². The quantitative estimate of drug-likeness (QED) is 0.723. The molecule has 1 saturated heterocycles. The van der Waals surface area contributed by atoms with Gasteiger partial charge in [0.1, 0.15) is 0 Å². The number of carbonyl (C=O) groups is 1. The largest absolute Gasteiger partial charge is 0.338 e. The summed E-state index contributed by atoms with van der Waals surface area (Å²) in [7, 11) is 0. The second-order valence-electron chi connectivity index (χ2n) is 8.87. The van der Waals surface area contributed by atoms with Crippen molar-refractivity contribution >= 4 is 29.3 Å². The van der Waals surface area contributed by atoms with Gasteiger partial charge in [-0.1, -0.05) is 44.1 Å². The van der Waals surface area contributed by atoms with Gasteiger partial charge in [0.25, 0.3) is 0 Å². The van der Waals surface area contributed by atoms with Gasteiger partial charge in [-0.2, -0.15) is 4.68 Å². The Hall–Kier alpha value is -1.60. The van der Waals surface area contributed by atoms with Crippen molar-refractivity contribution in [2.24, 2.45) is 10.8 Å². The first kappa shape index (κ1) is 18.7. The van der Waals surface area contributed by atoms with E-state index in [0.717, 1.165) is 25.1 Å². The third-order valence-corrected chi connectivity index (χ3v) is 6.73. The number of thioether (sulfide) groups is 1. The normalized spacial score (nSPS) is 26.4. The zero-order chi connectivity index (χ0) is 19.2. The van der Waals surface area contributed by atoms with Gasteiger partial charge < -0.3 is 4.90 Å². The molecule has 4 rings (SSSR count). The van der Waals surface area contributed by atoms with Crippen molar-refractivity contribution in [2.45, 2.75) is 51.2 Å². The summed E-state index contributed by atoms with van der Waals surface area (Å²) in [5.41, 5.74) is 1.38. The van der Waals surface area contributed by atoms with Crippen LogP contribution >= 0.6 is 23.4 Å². The van der Waals surface area contributed by atoms with Crippen LogP contribution in [0.4, 0.5) is 0 Å². The predicted molar refractivity (Wildman–Crippen MR) is 106 cm³/mol. The van der Waals surface area contributed by atoms with E-state index in [-0.39, 0.29) is 11.3 Å². The molecule has 1 aromatic heterocycles. The van der Waals surface area contributed by atoms with Crippen LogP contribution in [0.25, 0.3) is 5.69 Å². The summed E-state index contributed by atoms with van der Waals surface area (Å²) in [6, 6.07) is 7.67. The molecule has 0 unspecified atom stereocenters. The highest BCUT2D eigenvalue weighted by Gasteiger charge is 2.50. The van der Waals surface area contributed by atoms with E-state index in [1.54, 1.807) is 16.8 Å². The van der Waals surface area contributed by atoms with Crippen LogP contribution in [0.3, 0.4) is 0 Å². The van der Waals surface area contributed by atoms with Crippen LogP contribution in [0.5, 0.6) is 0 Å². The number of likely N-dealkylation sites (tertiary alicyclic amines) is 1. The molecule has 2 bridgehead atoms. The number of nitrogens with zero attached hydrogens (tertiary/aromatic N) is 5. The highest BCUT2D eigenvalue weighted by Crippen LogP contribution is 2.52. The highest BCUT2D eigenvalue weighted by molar-refractivity contribution is 7.99. The molecule has 1 aliphatic heterocycles. The van der Waals surface area contributed by atoms with Crippen molar-refractivity contribution in [3.05, 3.63) is 29.3 Å². The van der Waals surface area contributed by atoms with Gasteiger partial charge in [-0.15, -0.1) is 5.10 Å². The first-order chi connectivity index (χ1) is 12.7. The molecule has 1 aromatic carbocycles. The monoisotopic (exact) mass is 405 g/mol. The standard InChI is InChI=1S/C19H24ClN5OS/c1-18(2)8-15-9-19(3,11-18)12-24(15)16(26)10-27-17-21-22-23-25(17)14-6-4-13(20)5-7-14/h4-7,15H,8-12H2,1-3H3/t15-,19-/m1/s1. The smallest absolute Gasteiger partial charge is 0.233 e. The van der Waals surface area contributed by atoms with Crippen molar-refractivity contribution in [3.8, 4) is 5.69 Å². The average molecular weight is 406 g/mol. The topological polar surface area (TPSA) is 63.9 Å². The third-order valence-electron chi connectivity index (χ3n) is 5.57. The second kappa shape index (κ2) is 6.78. The van der Waals surface area contributed by atoms with Gasteiger partial charge in [0, 0.05) is 17.6 Å². The third kappa shape index (κ3) is 3.85. The minimum atomic E-state index is 0.178. The molecule has 2 fully saturated rings. The number of carbonyl (C=O) groups excluding carboxylic acids is 1. The molecule has 2 aliphatic rings.